The Bertz CT molecular complexity index is 603. The summed E-state index contributed by atoms with van der Waals surface area (Å²) in [6.07, 6.45) is 3.01. The highest BCUT2D eigenvalue weighted by atomic mass is 16.2. The van der Waals surface area contributed by atoms with Crippen molar-refractivity contribution in [2.75, 3.05) is 31.5 Å². The Labute approximate surface area is 150 Å². The van der Waals surface area contributed by atoms with Crippen LogP contribution in [-0.2, 0) is 9.59 Å². The number of hydrogen-bond donors (Lipinski definition) is 1. The van der Waals surface area contributed by atoms with Crippen molar-refractivity contribution in [3.8, 4) is 0 Å². The zero-order chi connectivity index (χ0) is 17.9. The first-order valence-electron chi connectivity index (χ1n) is 9.40. The van der Waals surface area contributed by atoms with Crippen molar-refractivity contribution < 1.29 is 9.59 Å². The molecule has 1 aromatic rings. The van der Waals surface area contributed by atoms with E-state index < -0.39 is 5.54 Å². The molecule has 2 aliphatic rings. The second kappa shape index (κ2) is 7.46. The molecule has 1 aromatic carbocycles. The lowest BCUT2D eigenvalue weighted by atomic mass is 9.84. The molecule has 136 valence electrons. The van der Waals surface area contributed by atoms with Gasteiger partial charge in [0.05, 0.1) is 0 Å². The van der Waals surface area contributed by atoms with Crippen LogP contribution in [0.25, 0.3) is 0 Å². The summed E-state index contributed by atoms with van der Waals surface area (Å²) < 4.78 is 0. The Kier molecular flexibility index (Phi) is 5.30. The Morgan fingerprint density at radius 3 is 2.20 bits per heavy atom. The molecule has 1 N–H and O–H groups in total. The van der Waals surface area contributed by atoms with Crippen molar-refractivity contribution in [2.24, 2.45) is 5.92 Å². The largest absolute Gasteiger partial charge is 0.371 e. The summed E-state index contributed by atoms with van der Waals surface area (Å²) in [5, 5.41) is 3.51. The zero-order valence-corrected chi connectivity index (χ0v) is 15.3. The number of piperidine rings is 1. The maximum Gasteiger partial charge on any atom is 0.248 e. The lowest BCUT2D eigenvalue weighted by Gasteiger charge is -2.46. The maximum absolute atomic E-state index is 13.1. The van der Waals surface area contributed by atoms with Gasteiger partial charge < -0.3 is 15.1 Å². The van der Waals surface area contributed by atoms with E-state index in [0.29, 0.717) is 38.3 Å². The minimum atomic E-state index is -0.587. The number of nitrogens with one attached hydrogen (secondary N) is 1. The standard InChI is InChI=1S/C20H29N3O2/c1-16(2)15-18(24)22-13-9-20(10-14-22,19(25)23-11-6-12-23)21-17-7-4-3-5-8-17/h3-5,7-8,16,21H,6,9-15H2,1-2H3. The smallest absolute Gasteiger partial charge is 0.248 e. The molecule has 0 unspecified atom stereocenters. The molecule has 2 fully saturated rings. The van der Waals surface area contributed by atoms with Gasteiger partial charge in [0.25, 0.3) is 0 Å². The van der Waals surface area contributed by atoms with E-state index in [-0.39, 0.29) is 11.8 Å². The topological polar surface area (TPSA) is 52.7 Å². The van der Waals surface area contributed by atoms with Crippen LogP contribution in [-0.4, -0.2) is 53.3 Å². The molecule has 5 nitrogen and oxygen atoms in total. The molecule has 2 heterocycles. The molecular formula is C20H29N3O2. The van der Waals surface area contributed by atoms with Gasteiger partial charge in [0.15, 0.2) is 0 Å². The SMILES string of the molecule is CC(C)CC(=O)N1CCC(Nc2ccccc2)(C(=O)N2CCC2)CC1. The van der Waals surface area contributed by atoms with E-state index in [0.717, 1.165) is 25.2 Å². The number of anilines is 1. The van der Waals surface area contributed by atoms with E-state index in [2.05, 4.69) is 19.2 Å². The fourth-order valence-electron chi connectivity index (χ4n) is 3.63. The fraction of sp³-hybridized carbons (Fsp3) is 0.600. The summed E-state index contributed by atoms with van der Waals surface area (Å²) >= 11 is 0. The fourth-order valence-corrected chi connectivity index (χ4v) is 3.63. The number of carbonyl (C=O) groups excluding carboxylic acids is 2. The van der Waals surface area contributed by atoms with Gasteiger partial charge in [-0.15, -0.1) is 0 Å². The Morgan fingerprint density at radius 1 is 1.04 bits per heavy atom. The predicted octanol–water partition coefficient (Wildman–Crippen LogP) is 2.74. The number of para-hydroxylation sites is 1. The average molecular weight is 343 g/mol. The number of amides is 2. The molecular weight excluding hydrogens is 314 g/mol. The zero-order valence-electron chi connectivity index (χ0n) is 15.3. The number of rotatable bonds is 5. The number of carbonyl (C=O) groups is 2. The minimum Gasteiger partial charge on any atom is -0.371 e. The molecule has 0 radical (unpaired) electrons. The van der Waals surface area contributed by atoms with Crippen molar-refractivity contribution in [3.63, 3.8) is 0 Å². The van der Waals surface area contributed by atoms with Gasteiger partial charge >= 0.3 is 0 Å². The number of benzene rings is 1. The third-order valence-corrected chi connectivity index (χ3v) is 5.26. The normalized spacial score (nSPS) is 19.5. The van der Waals surface area contributed by atoms with Crippen molar-refractivity contribution in [2.45, 2.75) is 45.1 Å². The molecule has 0 atom stereocenters. The van der Waals surface area contributed by atoms with Gasteiger partial charge in [-0.1, -0.05) is 32.0 Å². The molecule has 25 heavy (non-hydrogen) atoms. The number of hydrogen-bond acceptors (Lipinski definition) is 3. The molecule has 2 saturated heterocycles. The first-order chi connectivity index (χ1) is 12.0. The lowest BCUT2D eigenvalue weighted by Crippen LogP contribution is -2.62. The van der Waals surface area contributed by atoms with Gasteiger partial charge in [0.1, 0.15) is 5.54 Å². The molecule has 0 aromatic heterocycles. The van der Waals surface area contributed by atoms with Crippen LogP contribution < -0.4 is 5.32 Å². The van der Waals surface area contributed by atoms with Crippen LogP contribution in [0.1, 0.15) is 39.5 Å². The Morgan fingerprint density at radius 2 is 1.68 bits per heavy atom. The molecule has 3 rings (SSSR count). The van der Waals surface area contributed by atoms with E-state index in [1.807, 2.05) is 40.1 Å². The van der Waals surface area contributed by atoms with Gasteiger partial charge in [-0.25, -0.2) is 0 Å². The molecule has 2 amide bonds. The third-order valence-electron chi connectivity index (χ3n) is 5.26. The number of nitrogens with zero attached hydrogens (tertiary/aromatic N) is 2. The van der Waals surface area contributed by atoms with Crippen LogP contribution in [0.15, 0.2) is 30.3 Å². The van der Waals surface area contributed by atoms with Crippen LogP contribution in [0.4, 0.5) is 5.69 Å². The highest BCUT2D eigenvalue weighted by molar-refractivity contribution is 5.90. The summed E-state index contributed by atoms with van der Waals surface area (Å²) in [7, 11) is 0. The molecule has 0 saturated carbocycles. The van der Waals surface area contributed by atoms with Gasteiger partial charge in [0.2, 0.25) is 11.8 Å². The summed E-state index contributed by atoms with van der Waals surface area (Å²) in [5.41, 5.74) is 0.384. The van der Waals surface area contributed by atoms with Crippen LogP contribution in [0.2, 0.25) is 0 Å². The quantitative estimate of drug-likeness (QED) is 0.894. The molecule has 0 bridgehead atoms. The van der Waals surface area contributed by atoms with E-state index in [1.54, 1.807) is 0 Å². The minimum absolute atomic E-state index is 0.193. The summed E-state index contributed by atoms with van der Waals surface area (Å²) in [6.45, 7) is 7.13. The second-order valence-corrected chi connectivity index (χ2v) is 7.70. The van der Waals surface area contributed by atoms with E-state index in [1.165, 1.54) is 0 Å². The van der Waals surface area contributed by atoms with Crippen molar-refractivity contribution in [3.05, 3.63) is 30.3 Å². The number of likely N-dealkylation sites (tertiary alicyclic amines) is 2. The predicted molar refractivity (Wildman–Crippen MR) is 99.3 cm³/mol. The second-order valence-electron chi connectivity index (χ2n) is 7.70. The van der Waals surface area contributed by atoms with Crippen molar-refractivity contribution >= 4 is 17.5 Å². The average Bonchev–Trinajstić information content (AvgIpc) is 2.54. The van der Waals surface area contributed by atoms with E-state index in [9.17, 15) is 9.59 Å². The maximum atomic E-state index is 13.1. The Balaban J connectivity index is 1.72. The van der Waals surface area contributed by atoms with Gasteiger partial charge in [0, 0.05) is 38.3 Å². The summed E-state index contributed by atoms with van der Waals surface area (Å²) in [5.74, 6) is 0.766. The molecule has 2 aliphatic heterocycles. The van der Waals surface area contributed by atoms with Crippen molar-refractivity contribution in [1.82, 2.24) is 9.80 Å². The van der Waals surface area contributed by atoms with Crippen molar-refractivity contribution in [1.29, 1.82) is 0 Å². The van der Waals surface area contributed by atoms with Crippen LogP contribution in [0.5, 0.6) is 0 Å². The lowest BCUT2D eigenvalue weighted by molar-refractivity contribution is -0.144. The van der Waals surface area contributed by atoms with Crippen LogP contribution in [0.3, 0.4) is 0 Å². The summed E-state index contributed by atoms with van der Waals surface area (Å²) in [4.78, 5) is 29.4. The molecule has 0 aliphatic carbocycles. The Hall–Kier alpha value is -2.04. The van der Waals surface area contributed by atoms with Gasteiger partial charge in [-0.2, -0.15) is 0 Å². The highest BCUT2D eigenvalue weighted by Gasteiger charge is 2.45. The molecule has 0 spiro atoms. The van der Waals surface area contributed by atoms with Gasteiger partial charge in [-0.05, 0) is 37.3 Å². The van der Waals surface area contributed by atoms with Gasteiger partial charge in [-0.3, -0.25) is 9.59 Å². The van der Waals surface area contributed by atoms with E-state index >= 15 is 0 Å². The highest BCUT2D eigenvalue weighted by Crippen LogP contribution is 2.31. The summed E-state index contributed by atoms with van der Waals surface area (Å²) in [6, 6.07) is 9.93. The van der Waals surface area contributed by atoms with Crippen LogP contribution >= 0.6 is 0 Å². The van der Waals surface area contributed by atoms with E-state index in [4.69, 9.17) is 0 Å². The monoisotopic (exact) mass is 343 g/mol. The van der Waals surface area contributed by atoms with Crippen LogP contribution in [0, 0.1) is 5.92 Å². The molecule has 5 heteroatoms. The third kappa shape index (κ3) is 3.97. The first-order valence-corrected chi connectivity index (χ1v) is 9.40. The first kappa shape index (κ1) is 17.8.